The van der Waals surface area contributed by atoms with Crippen LogP contribution in [0.3, 0.4) is 0 Å². The highest BCUT2D eigenvalue weighted by Crippen LogP contribution is 2.31. The molecule has 0 unspecified atom stereocenters. The van der Waals surface area contributed by atoms with E-state index < -0.39 is 11.8 Å². The van der Waals surface area contributed by atoms with Gasteiger partial charge in [-0.25, -0.2) is 9.37 Å². The molecule has 1 aromatic carbocycles. The second-order valence-electron chi connectivity index (χ2n) is 6.12. The second kappa shape index (κ2) is 6.12. The van der Waals surface area contributed by atoms with E-state index in [4.69, 9.17) is 0 Å². The van der Waals surface area contributed by atoms with Gasteiger partial charge in [0.25, 0.3) is 0 Å². The highest BCUT2D eigenvalue weighted by atomic mass is 19.1. The number of imidazole rings is 1. The molecule has 3 rings (SSSR count). The molecule has 0 aliphatic heterocycles. The average Bonchev–Trinajstić information content (AvgIpc) is 2.83. The molecule has 2 heterocycles. The van der Waals surface area contributed by atoms with Crippen molar-refractivity contribution >= 4 is 17.4 Å². The normalized spacial score (nSPS) is 11.0. The van der Waals surface area contributed by atoms with Gasteiger partial charge in [-0.15, -0.1) is 0 Å². The number of carboxylic acids is 1. The van der Waals surface area contributed by atoms with Gasteiger partial charge >= 0.3 is 5.97 Å². The van der Waals surface area contributed by atoms with Crippen molar-refractivity contribution in [3.63, 3.8) is 0 Å². The van der Waals surface area contributed by atoms with Gasteiger partial charge in [-0.3, -0.25) is 9.59 Å². The standard InChI is InChI=1S/C19H17FN2O3/c1-10-4-5-22-15(9-17(24)25)19(21-16(22)6-10)18-11(2)7-13(12(3)23)8-14(18)20/h4-8H,9H2,1-3H3,(H,24,25). The van der Waals surface area contributed by atoms with Gasteiger partial charge in [0.2, 0.25) is 0 Å². The number of fused-ring (bicyclic) bond motifs is 1. The molecule has 0 aliphatic rings. The summed E-state index contributed by atoms with van der Waals surface area (Å²) in [5.74, 6) is -1.84. The second-order valence-corrected chi connectivity index (χ2v) is 6.12. The topological polar surface area (TPSA) is 71.7 Å². The first-order valence-corrected chi connectivity index (χ1v) is 7.78. The Hall–Kier alpha value is -3.02. The van der Waals surface area contributed by atoms with Crippen molar-refractivity contribution in [1.29, 1.82) is 0 Å². The van der Waals surface area contributed by atoms with Gasteiger partial charge in [0, 0.05) is 17.3 Å². The van der Waals surface area contributed by atoms with Crippen LogP contribution in [0.1, 0.15) is 34.1 Å². The van der Waals surface area contributed by atoms with Crippen LogP contribution in [0.15, 0.2) is 30.5 Å². The summed E-state index contributed by atoms with van der Waals surface area (Å²) in [5, 5.41) is 9.25. The molecule has 3 aromatic rings. The molecule has 0 radical (unpaired) electrons. The number of hydrogen-bond acceptors (Lipinski definition) is 3. The lowest BCUT2D eigenvalue weighted by molar-refractivity contribution is -0.136. The van der Waals surface area contributed by atoms with E-state index in [9.17, 15) is 19.1 Å². The van der Waals surface area contributed by atoms with E-state index >= 15 is 0 Å². The third kappa shape index (κ3) is 3.03. The summed E-state index contributed by atoms with van der Waals surface area (Å²) in [6.45, 7) is 4.96. The molecule has 5 nitrogen and oxygen atoms in total. The van der Waals surface area contributed by atoms with Gasteiger partial charge in [0.15, 0.2) is 5.78 Å². The molecule has 128 valence electrons. The van der Waals surface area contributed by atoms with E-state index in [1.165, 1.54) is 13.0 Å². The summed E-state index contributed by atoms with van der Waals surface area (Å²) in [6.07, 6.45) is 1.45. The zero-order valence-electron chi connectivity index (χ0n) is 14.1. The van der Waals surface area contributed by atoms with Crippen molar-refractivity contribution < 1.29 is 19.1 Å². The van der Waals surface area contributed by atoms with Crippen LogP contribution in [0.25, 0.3) is 16.9 Å². The number of carbonyl (C=O) groups is 2. The first-order chi connectivity index (χ1) is 11.8. The maximum absolute atomic E-state index is 14.7. The van der Waals surface area contributed by atoms with Gasteiger partial charge in [-0.05, 0) is 56.2 Å². The van der Waals surface area contributed by atoms with Crippen LogP contribution in [-0.4, -0.2) is 26.2 Å². The maximum Gasteiger partial charge on any atom is 0.309 e. The minimum atomic E-state index is -1.03. The zero-order valence-corrected chi connectivity index (χ0v) is 14.1. The number of hydrogen-bond donors (Lipinski definition) is 1. The third-order valence-corrected chi connectivity index (χ3v) is 4.13. The highest BCUT2D eigenvalue weighted by molar-refractivity contribution is 5.95. The van der Waals surface area contributed by atoms with Gasteiger partial charge in [-0.1, -0.05) is 0 Å². The van der Waals surface area contributed by atoms with Crippen molar-refractivity contribution in [1.82, 2.24) is 9.38 Å². The summed E-state index contributed by atoms with van der Waals surface area (Å²) in [5.41, 5.74) is 3.26. The van der Waals surface area contributed by atoms with Crippen LogP contribution in [0.2, 0.25) is 0 Å². The number of pyridine rings is 1. The number of aliphatic carboxylic acids is 1. The van der Waals surface area contributed by atoms with E-state index in [1.54, 1.807) is 23.6 Å². The SMILES string of the molecule is CC(=O)c1cc(C)c(-c2nc3cc(C)ccn3c2CC(=O)O)c(F)c1. The first kappa shape index (κ1) is 16.8. The number of aromatic nitrogens is 2. The molecule has 0 saturated heterocycles. The molecule has 2 aromatic heterocycles. The summed E-state index contributed by atoms with van der Waals surface area (Å²) in [6, 6.07) is 6.42. The summed E-state index contributed by atoms with van der Waals surface area (Å²) < 4.78 is 16.4. The minimum absolute atomic E-state index is 0.225. The Labute approximate surface area is 143 Å². The number of nitrogens with zero attached hydrogens (tertiary/aromatic N) is 2. The minimum Gasteiger partial charge on any atom is -0.481 e. The van der Waals surface area contributed by atoms with Gasteiger partial charge in [-0.2, -0.15) is 0 Å². The molecular formula is C19H17FN2O3. The Morgan fingerprint density at radius 3 is 2.56 bits per heavy atom. The monoisotopic (exact) mass is 340 g/mol. The number of ketones is 1. The molecule has 6 heteroatoms. The van der Waals surface area contributed by atoms with Gasteiger partial charge < -0.3 is 9.51 Å². The highest BCUT2D eigenvalue weighted by Gasteiger charge is 2.22. The molecule has 1 N–H and O–H groups in total. The Morgan fingerprint density at radius 1 is 1.24 bits per heavy atom. The Kier molecular flexibility index (Phi) is 4.12. The van der Waals surface area contributed by atoms with Crippen LogP contribution >= 0.6 is 0 Å². The smallest absolute Gasteiger partial charge is 0.309 e. The molecule has 0 atom stereocenters. The van der Waals surface area contributed by atoms with Crippen LogP contribution in [0.5, 0.6) is 0 Å². The number of rotatable bonds is 4. The fraction of sp³-hybridized carbons (Fsp3) is 0.211. The number of aryl methyl sites for hydroxylation is 2. The number of benzene rings is 1. The van der Waals surface area contributed by atoms with Crippen molar-refractivity contribution in [2.24, 2.45) is 0 Å². The predicted molar refractivity (Wildman–Crippen MR) is 91.4 cm³/mol. The molecule has 0 fully saturated rings. The predicted octanol–water partition coefficient (Wildman–Crippen LogP) is 3.59. The zero-order chi connectivity index (χ0) is 18.3. The van der Waals surface area contributed by atoms with E-state index in [0.29, 0.717) is 16.9 Å². The summed E-state index contributed by atoms with van der Waals surface area (Å²) in [4.78, 5) is 27.3. The summed E-state index contributed by atoms with van der Waals surface area (Å²) in [7, 11) is 0. The quantitative estimate of drug-likeness (QED) is 0.737. The van der Waals surface area contributed by atoms with E-state index in [2.05, 4.69) is 4.98 Å². The Balaban J connectivity index is 2.31. The fourth-order valence-corrected chi connectivity index (χ4v) is 2.96. The van der Waals surface area contributed by atoms with Crippen molar-refractivity contribution in [3.05, 3.63) is 58.7 Å². The lowest BCUT2D eigenvalue weighted by Gasteiger charge is -2.09. The molecule has 0 spiro atoms. The molecule has 0 bridgehead atoms. The van der Waals surface area contributed by atoms with E-state index in [0.717, 1.165) is 5.56 Å². The average molecular weight is 340 g/mol. The number of carbonyl (C=O) groups excluding carboxylic acids is 1. The number of carboxylic acid groups (broad SMARTS) is 1. The molecule has 25 heavy (non-hydrogen) atoms. The Bertz CT molecular complexity index is 998. The van der Waals surface area contributed by atoms with Crippen LogP contribution < -0.4 is 0 Å². The fourth-order valence-electron chi connectivity index (χ4n) is 2.96. The van der Waals surface area contributed by atoms with Crippen LogP contribution in [-0.2, 0) is 11.2 Å². The first-order valence-electron chi connectivity index (χ1n) is 7.78. The molecular weight excluding hydrogens is 323 g/mol. The molecule has 0 amide bonds. The lowest BCUT2D eigenvalue weighted by Crippen LogP contribution is -2.06. The van der Waals surface area contributed by atoms with Gasteiger partial charge in [0.1, 0.15) is 11.5 Å². The maximum atomic E-state index is 14.7. The van der Waals surface area contributed by atoms with Crippen molar-refractivity contribution in [2.75, 3.05) is 0 Å². The van der Waals surface area contributed by atoms with Gasteiger partial charge in [0.05, 0.1) is 17.8 Å². The van der Waals surface area contributed by atoms with Crippen molar-refractivity contribution in [2.45, 2.75) is 27.2 Å². The molecule has 0 aliphatic carbocycles. The van der Waals surface area contributed by atoms with Crippen LogP contribution in [0, 0.1) is 19.7 Å². The lowest BCUT2D eigenvalue weighted by atomic mass is 9.98. The molecule has 0 saturated carbocycles. The van der Waals surface area contributed by atoms with Crippen LogP contribution in [0.4, 0.5) is 4.39 Å². The number of Topliss-reactive ketones (excluding diaryl/α,β-unsaturated/α-hetero) is 1. The largest absolute Gasteiger partial charge is 0.481 e. The number of halogens is 1. The van der Waals surface area contributed by atoms with E-state index in [-0.39, 0.29) is 29.0 Å². The summed E-state index contributed by atoms with van der Waals surface area (Å²) >= 11 is 0. The van der Waals surface area contributed by atoms with E-state index in [1.807, 2.05) is 19.1 Å². The Morgan fingerprint density at radius 2 is 1.96 bits per heavy atom. The third-order valence-electron chi connectivity index (χ3n) is 4.13. The van der Waals surface area contributed by atoms with Crippen molar-refractivity contribution in [3.8, 4) is 11.3 Å².